The summed E-state index contributed by atoms with van der Waals surface area (Å²) in [6.07, 6.45) is 0. The first-order valence-electron chi connectivity index (χ1n) is 8.95. The van der Waals surface area contributed by atoms with E-state index in [4.69, 9.17) is 0 Å². The number of rotatable bonds is 4. The number of hydrogen-bond acceptors (Lipinski definition) is 8. The number of aromatic nitrogens is 6. The van der Waals surface area contributed by atoms with Crippen LogP contribution in [0, 0.1) is 0 Å². The molecule has 4 rings (SSSR count). The molecule has 0 aliphatic heterocycles. The Labute approximate surface area is 171 Å². The predicted molar refractivity (Wildman–Crippen MR) is 109 cm³/mol. The maximum Gasteiger partial charge on any atom is 0.332 e. The first kappa shape index (κ1) is 19.8. The van der Waals surface area contributed by atoms with Crippen LogP contribution in [0.4, 0.5) is 11.6 Å². The Morgan fingerprint density at radius 1 is 1.00 bits per heavy atom. The molecule has 3 aromatic heterocycles. The third-order valence-corrected chi connectivity index (χ3v) is 4.65. The van der Waals surface area contributed by atoms with Crippen LogP contribution in [0.1, 0.15) is 5.56 Å². The zero-order chi connectivity index (χ0) is 22.3. The molecule has 158 valence electrons. The number of H-pyrrole nitrogens is 2. The van der Waals surface area contributed by atoms with Crippen LogP contribution in [-0.4, -0.2) is 33.8 Å². The van der Waals surface area contributed by atoms with Crippen molar-refractivity contribution in [2.75, 3.05) is 0 Å². The Kier molecular flexibility index (Phi) is 4.69. The molecule has 0 amide bonds. The molecule has 1 aromatic carbocycles. The zero-order valence-corrected chi connectivity index (χ0v) is 16.4. The second kappa shape index (κ2) is 7.37. The van der Waals surface area contributed by atoms with E-state index in [9.17, 15) is 24.3 Å². The summed E-state index contributed by atoms with van der Waals surface area (Å²) in [5.74, 6) is -0.853. The zero-order valence-electron chi connectivity index (χ0n) is 16.4. The largest absolute Gasteiger partial charge is 0.493 e. The lowest BCUT2D eigenvalue weighted by atomic mass is 10.2. The highest BCUT2D eigenvalue weighted by Gasteiger charge is 2.20. The van der Waals surface area contributed by atoms with Crippen LogP contribution in [0.3, 0.4) is 0 Å². The maximum absolute atomic E-state index is 12.8. The lowest BCUT2D eigenvalue weighted by molar-refractivity contribution is 0.450. The summed E-state index contributed by atoms with van der Waals surface area (Å²) in [5, 5.41) is 17.4. The predicted octanol–water partition coefficient (Wildman–Crippen LogP) is -0.0204. The van der Waals surface area contributed by atoms with Crippen molar-refractivity contribution in [1.29, 1.82) is 0 Å². The van der Waals surface area contributed by atoms with Crippen molar-refractivity contribution >= 4 is 22.8 Å². The Morgan fingerprint density at radius 3 is 2.39 bits per heavy atom. The summed E-state index contributed by atoms with van der Waals surface area (Å²) >= 11 is 0. The van der Waals surface area contributed by atoms with Crippen molar-refractivity contribution in [3.05, 3.63) is 77.6 Å². The molecule has 4 aromatic rings. The number of aryl methyl sites for hydroxylation is 1. The molecule has 0 radical (unpaired) electrons. The number of azo groups is 1. The molecule has 0 aliphatic carbocycles. The van der Waals surface area contributed by atoms with Crippen molar-refractivity contribution in [3.63, 3.8) is 0 Å². The van der Waals surface area contributed by atoms with E-state index >= 15 is 0 Å². The third kappa shape index (κ3) is 3.37. The van der Waals surface area contributed by atoms with E-state index < -0.39 is 34.1 Å². The molecule has 13 heteroatoms. The van der Waals surface area contributed by atoms with Gasteiger partial charge in [0.05, 0.1) is 6.54 Å². The smallest absolute Gasteiger partial charge is 0.332 e. The van der Waals surface area contributed by atoms with Gasteiger partial charge in [-0.3, -0.25) is 33.3 Å². The van der Waals surface area contributed by atoms with Crippen LogP contribution in [0.2, 0.25) is 0 Å². The molecule has 0 unspecified atom stereocenters. The second-order valence-electron chi connectivity index (χ2n) is 6.67. The van der Waals surface area contributed by atoms with Gasteiger partial charge in [-0.05, 0) is 5.56 Å². The summed E-state index contributed by atoms with van der Waals surface area (Å²) in [6, 6.07) is 9.14. The highest BCUT2D eigenvalue weighted by Crippen LogP contribution is 2.23. The van der Waals surface area contributed by atoms with Crippen LogP contribution in [0.15, 0.2) is 59.7 Å². The lowest BCUT2D eigenvalue weighted by Crippen LogP contribution is -2.37. The minimum atomic E-state index is -0.959. The number of aromatic hydroxyl groups is 1. The monoisotopic (exact) mass is 424 g/mol. The number of aromatic amines is 2. The third-order valence-electron chi connectivity index (χ3n) is 4.65. The van der Waals surface area contributed by atoms with Gasteiger partial charge in [0.25, 0.3) is 17.1 Å². The van der Waals surface area contributed by atoms with Crippen molar-refractivity contribution in [3.8, 4) is 5.88 Å². The fourth-order valence-corrected chi connectivity index (χ4v) is 3.08. The van der Waals surface area contributed by atoms with Gasteiger partial charge in [-0.25, -0.2) is 9.59 Å². The number of hydrogen-bond donors (Lipinski definition) is 3. The van der Waals surface area contributed by atoms with Crippen molar-refractivity contribution in [2.45, 2.75) is 6.54 Å². The van der Waals surface area contributed by atoms with Crippen LogP contribution in [0.5, 0.6) is 5.88 Å². The first-order valence-corrected chi connectivity index (χ1v) is 8.95. The van der Waals surface area contributed by atoms with Gasteiger partial charge in [0.1, 0.15) is 0 Å². The molecule has 3 N–H and O–H groups in total. The molecule has 0 spiro atoms. The molecule has 31 heavy (non-hydrogen) atoms. The van der Waals surface area contributed by atoms with Gasteiger partial charge in [0.2, 0.25) is 11.6 Å². The average molecular weight is 424 g/mol. The molecule has 0 bridgehead atoms. The molecule has 0 atom stereocenters. The van der Waals surface area contributed by atoms with E-state index in [0.29, 0.717) is 0 Å². The quantitative estimate of drug-likeness (QED) is 0.388. The number of fused-ring (bicyclic) bond motifs is 1. The molecular weight excluding hydrogens is 408 g/mol. The van der Waals surface area contributed by atoms with Crippen LogP contribution >= 0.6 is 0 Å². The van der Waals surface area contributed by atoms with Gasteiger partial charge in [-0.2, -0.15) is 4.98 Å². The normalized spacial score (nSPS) is 11.5. The molecule has 13 nitrogen and oxygen atoms in total. The summed E-state index contributed by atoms with van der Waals surface area (Å²) in [5.41, 5.74) is -2.54. The van der Waals surface area contributed by atoms with Gasteiger partial charge in [-0.15, -0.1) is 10.2 Å². The second-order valence-corrected chi connectivity index (χ2v) is 6.67. The molecule has 0 fully saturated rings. The Morgan fingerprint density at radius 2 is 1.71 bits per heavy atom. The van der Waals surface area contributed by atoms with E-state index in [1.165, 1.54) is 23.2 Å². The Balaban J connectivity index is 1.98. The highest BCUT2D eigenvalue weighted by molar-refractivity contribution is 5.73. The van der Waals surface area contributed by atoms with Crippen molar-refractivity contribution in [1.82, 2.24) is 28.7 Å². The number of benzene rings is 1. The Bertz CT molecular complexity index is 1570. The lowest BCUT2D eigenvalue weighted by Gasteiger charge is -2.07. The molecular formula is C18H16N8O5. The first-order chi connectivity index (χ1) is 14.8. The number of nitrogens with one attached hydrogen (secondary N) is 2. The summed E-state index contributed by atoms with van der Waals surface area (Å²) in [6.45, 7) is 0.174. The van der Waals surface area contributed by atoms with E-state index in [-0.39, 0.29) is 23.7 Å². The topological polar surface area (TPSA) is 172 Å². The summed E-state index contributed by atoms with van der Waals surface area (Å²) in [4.78, 5) is 56.4. The number of nitrogens with zero attached hydrogens (tertiary/aromatic N) is 6. The van der Waals surface area contributed by atoms with E-state index in [2.05, 4.69) is 15.2 Å². The van der Waals surface area contributed by atoms with Crippen LogP contribution in [-0.2, 0) is 20.6 Å². The van der Waals surface area contributed by atoms with Gasteiger partial charge >= 0.3 is 11.4 Å². The van der Waals surface area contributed by atoms with E-state index in [1.807, 2.05) is 40.3 Å². The fourth-order valence-electron chi connectivity index (χ4n) is 3.08. The molecule has 3 heterocycles. The minimum absolute atomic E-state index is 0.0811. The van der Waals surface area contributed by atoms with Gasteiger partial charge in [-0.1, -0.05) is 30.3 Å². The molecule has 0 saturated heterocycles. The maximum atomic E-state index is 12.8. The van der Waals surface area contributed by atoms with Gasteiger partial charge in [0, 0.05) is 14.1 Å². The minimum Gasteiger partial charge on any atom is -0.493 e. The fraction of sp³-hybridized carbons (Fsp3) is 0.167. The van der Waals surface area contributed by atoms with E-state index in [1.54, 1.807) is 0 Å². The van der Waals surface area contributed by atoms with Crippen LogP contribution in [0.25, 0.3) is 11.2 Å². The average Bonchev–Trinajstić information content (AvgIpc) is 3.09. The summed E-state index contributed by atoms with van der Waals surface area (Å²) in [7, 11) is 2.81. The van der Waals surface area contributed by atoms with E-state index in [0.717, 1.165) is 10.1 Å². The number of imidazole rings is 1. The SMILES string of the molecule is Cn1c(=O)c2c(nc(N=Nc3c(O)[nH]c(=O)[nH]c3=O)n2Cc2ccccc2)n(C)c1=O. The molecule has 0 saturated carbocycles. The molecule has 0 aliphatic rings. The highest BCUT2D eigenvalue weighted by atomic mass is 16.3. The summed E-state index contributed by atoms with van der Waals surface area (Å²) < 4.78 is 3.60. The standard InChI is InChI=1S/C18H16N8O5/c1-24-12-11(15(29)25(2)18(24)31)26(8-9-6-4-3-5-7-9)16(19-12)23-22-10-13(27)20-17(30)21-14(10)28/h3-7H,8H2,1-2H3,(H3,20,21,27,28,30). The van der Waals surface area contributed by atoms with Gasteiger partial charge < -0.3 is 5.11 Å². The van der Waals surface area contributed by atoms with Gasteiger partial charge in [0.15, 0.2) is 11.2 Å². The Hall–Kier alpha value is -4.55. The van der Waals surface area contributed by atoms with Crippen LogP contribution < -0.4 is 22.5 Å². The van der Waals surface area contributed by atoms with Crippen molar-refractivity contribution < 1.29 is 5.11 Å². The van der Waals surface area contributed by atoms with Crippen molar-refractivity contribution in [2.24, 2.45) is 24.3 Å².